The van der Waals surface area contributed by atoms with Crippen molar-refractivity contribution < 1.29 is 4.79 Å². The molecule has 1 atom stereocenters. The third-order valence-corrected chi connectivity index (χ3v) is 1.38. The van der Waals surface area contributed by atoms with Crippen molar-refractivity contribution >= 4 is 5.78 Å². The summed E-state index contributed by atoms with van der Waals surface area (Å²) in [6.07, 6.45) is 9.52. The highest BCUT2D eigenvalue weighted by molar-refractivity contribution is 6.07. The molecule has 0 N–H and O–H groups in total. The highest BCUT2D eigenvalue weighted by atomic mass is 16.1. The van der Waals surface area contributed by atoms with Crippen LogP contribution in [0, 0.1) is 29.6 Å². The average Bonchev–Trinajstić information content (AvgIpc) is 2.22. The zero-order chi connectivity index (χ0) is 10.3. The predicted molar refractivity (Wildman–Crippen MR) is 51.5 cm³/mol. The molecule has 0 radical (unpaired) electrons. The first-order valence-electron chi connectivity index (χ1n) is 4.08. The molecule has 1 aliphatic carbocycles. The van der Waals surface area contributed by atoms with Gasteiger partial charge in [0.1, 0.15) is 6.07 Å². The SMILES string of the molecule is C#CC1C=CC(=O)C(C#N)=C1.CC. The molecule has 1 unspecified atom stereocenters. The van der Waals surface area contributed by atoms with Crippen molar-refractivity contribution in [2.45, 2.75) is 13.8 Å². The molecule has 0 fully saturated rings. The molecular formula is C11H11NO. The number of ketones is 1. The van der Waals surface area contributed by atoms with Crippen LogP contribution in [-0.2, 0) is 4.79 Å². The third-order valence-electron chi connectivity index (χ3n) is 1.38. The van der Waals surface area contributed by atoms with E-state index < -0.39 is 0 Å². The quantitative estimate of drug-likeness (QED) is 0.524. The highest BCUT2D eigenvalue weighted by Crippen LogP contribution is 2.11. The Balaban J connectivity index is 0.000000671. The zero-order valence-corrected chi connectivity index (χ0v) is 7.74. The van der Waals surface area contributed by atoms with E-state index in [2.05, 4.69) is 5.92 Å². The summed E-state index contributed by atoms with van der Waals surface area (Å²) in [4.78, 5) is 10.8. The lowest BCUT2D eigenvalue weighted by atomic mass is 9.98. The minimum atomic E-state index is -0.265. The van der Waals surface area contributed by atoms with E-state index in [1.807, 2.05) is 13.8 Å². The smallest absolute Gasteiger partial charge is 0.195 e. The lowest BCUT2D eigenvalue weighted by Gasteiger charge is -2.03. The molecule has 0 aliphatic heterocycles. The number of nitriles is 1. The molecule has 2 nitrogen and oxygen atoms in total. The third kappa shape index (κ3) is 2.97. The van der Waals surface area contributed by atoms with Gasteiger partial charge in [0.25, 0.3) is 0 Å². The molecule has 0 bridgehead atoms. The Morgan fingerprint density at radius 2 is 2.15 bits per heavy atom. The van der Waals surface area contributed by atoms with E-state index in [1.54, 1.807) is 12.1 Å². The van der Waals surface area contributed by atoms with Gasteiger partial charge in [0.05, 0.1) is 11.5 Å². The van der Waals surface area contributed by atoms with E-state index >= 15 is 0 Å². The van der Waals surface area contributed by atoms with Crippen LogP contribution in [-0.4, -0.2) is 5.78 Å². The summed E-state index contributed by atoms with van der Waals surface area (Å²) < 4.78 is 0. The number of hydrogen-bond donors (Lipinski definition) is 0. The minimum Gasteiger partial charge on any atom is -0.289 e. The number of nitrogens with zero attached hydrogens (tertiary/aromatic N) is 1. The zero-order valence-electron chi connectivity index (χ0n) is 7.74. The fourth-order valence-corrected chi connectivity index (χ4v) is 0.794. The monoisotopic (exact) mass is 173 g/mol. The van der Waals surface area contributed by atoms with Crippen molar-refractivity contribution in [3.05, 3.63) is 23.8 Å². The molecule has 0 heterocycles. The van der Waals surface area contributed by atoms with Crippen LogP contribution in [0.3, 0.4) is 0 Å². The summed E-state index contributed by atoms with van der Waals surface area (Å²) >= 11 is 0. The van der Waals surface area contributed by atoms with Crippen LogP contribution in [0.1, 0.15) is 13.8 Å². The summed E-state index contributed by atoms with van der Waals surface area (Å²) in [5, 5.41) is 8.43. The number of terminal acetylenes is 1. The molecule has 66 valence electrons. The molecule has 0 amide bonds. The first kappa shape index (κ1) is 11.2. The van der Waals surface area contributed by atoms with E-state index in [9.17, 15) is 4.79 Å². The maximum Gasteiger partial charge on any atom is 0.195 e. The lowest BCUT2D eigenvalue weighted by Crippen LogP contribution is -2.05. The van der Waals surface area contributed by atoms with Crippen LogP contribution in [0.2, 0.25) is 0 Å². The van der Waals surface area contributed by atoms with E-state index in [0.717, 1.165) is 0 Å². The first-order valence-corrected chi connectivity index (χ1v) is 4.08. The Morgan fingerprint density at radius 1 is 1.54 bits per heavy atom. The van der Waals surface area contributed by atoms with Crippen molar-refractivity contribution in [1.82, 2.24) is 0 Å². The maximum absolute atomic E-state index is 10.8. The molecule has 1 rings (SSSR count). The summed E-state index contributed by atoms with van der Waals surface area (Å²) in [5.74, 6) is 1.95. The fourth-order valence-electron chi connectivity index (χ4n) is 0.794. The van der Waals surface area contributed by atoms with Gasteiger partial charge in [-0.1, -0.05) is 25.8 Å². The second kappa shape index (κ2) is 5.80. The molecule has 0 saturated heterocycles. The van der Waals surface area contributed by atoms with Crippen LogP contribution in [0.5, 0.6) is 0 Å². The molecule has 13 heavy (non-hydrogen) atoms. The number of allylic oxidation sites excluding steroid dienone is 4. The van der Waals surface area contributed by atoms with Crippen LogP contribution >= 0.6 is 0 Å². The van der Waals surface area contributed by atoms with Gasteiger partial charge >= 0.3 is 0 Å². The second-order valence-electron chi connectivity index (χ2n) is 2.11. The van der Waals surface area contributed by atoms with Crippen molar-refractivity contribution in [2.75, 3.05) is 0 Å². The fraction of sp³-hybridized carbons (Fsp3) is 0.273. The van der Waals surface area contributed by atoms with Crippen LogP contribution in [0.25, 0.3) is 0 Å². The minimum absolute atomic E-state index is 0.135. The molecule has 0 spiro atoms. The van der Waals surface area contributed by atoms with Crippen molar-refractivity contribution in [1.29, 1.82) is 5.26 Å². The molecular weight excluding hydrogens is 162 g/mol. The van der Waals surface area contributed by atoms with Crippen molar-refractivity contribution in [3.8, 4) is 18.4 Å². The van der Waals surface area contributed by atoms with Gasteiger partial charge in [0, 0.05) is 0 Å². The molecule has 0 aromatic heterocycles. The molecule has 0 aromatic carbocycles. The van der Waals surface area contributed by atoms with Crippen molar-refractivity contribution in [2.24, 2.45) is 5.92 Å². The average molecular weight is 173 g/mol. The number of rotatable bonds is 0. The van der Waals surface area contributed by atoms with Crippen molar-refractivity contribution in [3.63, 3.8) is 0 Å². The molecule has 1 aliphatic rings. The van der Waals surface area contributed by atoms with Crippen LogP contribution in [0.4, 0.5) is 0 Å². The van der Waals surface area contributed by atoms with Crippen LogP contribution < -0.4 is 0 Å². The largest absolute Gasteiger partial charge is 0.289 e. The van der Waals surface area contributed by atoms with Gasteiger partial charge in [-0.3, -0.25) is 4.79 Å². The Hall–Kier alpha value is -1.80. The Bertz CT molecular complexity index is 323. The summed E-state index contributed by atoms with van der Waals surface area (Å²) in [6, 6.07) is 1.78. The van der Waals surface area contributed by atoms with Gasteiger partial charge < -0.3 is 0 Å². The van der Waals surface area contributed by atoms with E-state index in [-0.39, 0.29) is 17.3 Å². The van der Waals surface area contributed by atoms with Gasteiger partial charge in [-0.05, 0) is 12.2 Å². The standard InChI is InChI=1S/C9H5NO.C2H6/c1-2-7-3-4-9(11)8(5-7)6-10;1-2/h1,3-5,7H;1-2H3. The summed E-state index contributed by atoms with van der Waals surface area (Å²) in [6.45, 7) is 4.00. The topological polar surface area (TPSA) is 40.9 Å². The van der Waals surface area contributed by atoms with E-state index in [4.69, 9.17) is 11.7 Å². The molecule has 0 saturated carbocycles. The van der Waals surface area contributed by atoms with Gasteiger partial charge in [-0.25, -0.2) is 0 Å². The second-order valence-corrected chi connectivity index (χ2v) is 2.11. The Morgan fingerprint density at radius 3 is 2.62 bits per heavy atom. The molecule has 2 heteroatoms. The number of carbonyl (C=O) groups is 1. The lowest BCUT2D eigenvalue weighted by molar-refractivity contribution is -0.111. The Labute approximate surface area is 78.6 Å². The normalized spacial score (nSPS) is 18.9. The van der Waals surface area contributed by atoms with Gasteiger partial charge in [0.2, 0.25) is 0 Å². The molecule has 0 aromatic rings. The first-order chi connectivity index (χ1) is 6.27. The predicted octanol–water partition coefficient (Wildman–Crippen LogP) is 1.85. The highest BCUT2D eigenvalue weighted by Gasteiger charge is 2.12. The number of carbonyl (C=O) groups excluding carboxylic acids is 1. The van der Waals surface area contributed by atoms with E-state index in [1.165, 1.54) is 12.2 Å². The van der Waals surface area contributed by atoms with Gasteiger partial charge in [-0.2, -0.15) is 5.26 Å². The van der Waals surface area contributed by atoms with Gasteiger partial charge in [-0.15, -0.1) is 6.42 Å². The number of hydrogen-bond acceptors (Lipinski definition) is 2. The van der Waals surface area contributed by atoms with Crippen LogP contribution in [0.15, 0.2) is 23.8 Å². The van der Waals surface area contributed by atoms with Gasteiger partial charge in [0.15, 0.2) is 5.78 Å². The Kier molecular flexibility index (Phi) is 5.00. The maximum atomic E-state index is 10.8. The summed E-state index contributed by atoms with van der Waals surface area (Å²) in [5.41, 5.74) is 0.135. The van der Waals surface area contributed by atoms with E-state index in [0.29, 0.717) is 0 Å². The summed E-state index contributed by atoms with van der Waals surface area (Å²) in [7, 11) is 0.